The van der Waals surface area contributed by atoms with Gasteiger partial charge in [0.2, 0.25) is 0 Å². The molecule has 0 aliphatic carbocycles. The largest absolute Gasteiger partial charge is 0.461 e. The Morgan fingerprint density at radius 2 is 2.18 bits per heavy atom. The van der Waals surface area contributed by atoms with Crippen LogP contribution in [0.2, 0.25) is 0 Å². The molecule has 2 heterocycles. The van der Waals surface area contributed by atoms with E-state index in [1.807, 2.05) is 6.07 Å². The second kappa shape index (κ2) is 5.58. The molecule has 2 rings (SSSR count). The summed E-state index contributed by atoms with van der Waals surface area (Å²) in [4.78, 5) is 13.5. The summed E-state index contributed by atoms with van der Waals surface area (Å²) in [5.41, 5.74) is 0.255. The van der Waals surface area contributed by atoms with Crippen LogP contribution in [0.1, 0.15) is 17.4 Å². The summed E-state index contributed by atoms with van der Waals surface area (Å²) in [5.74, 6) is 0.381. The fourth-order valence-corrected chi connectivity index (χ4v) is 1.70. The molecule has 92 valence electrons. The Kier molecular flexibility index (Phi) is 3.87. The lowest BCUT2D eigenvalue weighted by Gasteiger charge is -2.27. The Hall–Kier alpha value is -1.69. The maximum absolute atomic E-state index is 11.4. The van der Waals surface area contributed by atoms with Gasteiger partial charge in [-0.2, -0.15) is 0 Å². The number of aromatic nitrogens is 2. The molecule has 1 saturated heterocycles. The summed E-state index contributed by atoms with van der Waals surface area (Å²) in [5, 5.41) is 11.2. The Morgan fingerprint density at radius 3 is 2.76 bits per heavy atom. The van der Waals surface area contributed by atoms with Gasteiger partial charge in [0, 0.05) is 26.2 Å². The van der Waals surface area contributed by atoms with E-state index in [1.165, 1.54) is 0 Å². The van der Waals surface area contributed by atoms with E-state index in [0.717, 1.165) is 32.0 Å². The van der Waals surface area contributed by atoms with Crippen molar-refractivity contribution in [2.45, 2.75) is 6.92 Å². The summed E-state index contributed by atoms with van der Waals surface area (Å²) in [6.45, 7) is 5.82. The lowest BCUT2D eigenvalue weighted by atomic mass is 10.3. The molecule has 1 fully saturated rings. The summed E-state index contributed by atoms with van der Waals surface area (Å²) in [6.07, 6.45) is 0. The lowest BCUT2D eigenvalue weighted by Crippen LogP contribution is -2.44. The van der Waals surface area contributed by atoms with E-state index in [0.29, 0.717) is 6.61 Å². The average Bonchev–Trinajstić information content (AvgIpc) is 2.40. The number of hydrogen-bond acceptors (Lipinski definition) is 6. The minimum atomic E-state index is -0.424. The van der Waals surface area contributed by atoms with Crippen molar-refractivity contribution in [2.24, 2.45) is 0 Å². The number of carbonyl (C=O) groups is 1. The summed E-state index contributed by atoms with van der Waals surface area (Å²) in [7, 11) is 0. The van der Waals surface area contributed by atoms with E-state index < -0.39 is 5.97 Å². The van der Waals surface area contributed by atoms with Gasteiger partial charge in [0.15, 0.2) is 11.5 Å². The highest BCUT2D eigenvalue weighted by molar-refractivity contribution is 5.87. The highest BCUT2D eigenvalue weighted by Crippen LogP contribution is 2.10. The van der Waals surface area contributed by atoms with E-state index in [4.69, 9.17) is 4.74 Å². The molecule has 1 aliphatic heterocycles. The van der Waals surface area contributed by atoms with Crippen molar-refractivity contribution >= 4 is 11.8 Å². The predicted octanol–water partition coefficient (Wildman–Crippen LogP) is 0.0629. The Bertz CT molecular complexity index is 374. The molecule has 0 radical (unpaired) electrons. The van der Waals surface area contributed by atoms with Crippen LogP contribution >= 0.6 is 0 Å². The molecule has 6 heteroatoms. The zero-order valence-corrected chi connectivity index (χ0v) is 9.85. The molecule has 0 aromatic carbocycles. The molecular formula is C11H16N4O2. The van der Waals surface area contributed by atoms with Crippen molar-refractivity contribution in [3.8, 4) is 0 Å². The van der Waals surface area contributed by atoms with E-state index >= 15 is 0 Å². The van der Waals surface area contributed by atoms with Crippen LogP contribution in [0, 0.1) is 0 Å². The first kappa shape index (κ1) is 11.8. The Labute approximate surface area is 100.0 Å². The van der Waals surface area contributed by atoms with Crippen LogP contribution in [0.15, 0.2) is 12.1 Å². The molecule has 17 heavy (non-hydrogen) atoms. The first-order valence-electron chi connectivity index (χ1n) is 5.78. The summed E-state index contributed by atoms with van der Waals surface area (Å²) < 4.78 is 4.85. The molecule has 0 spiro atoms. The van der Waals surface area contributed by atoms with Gasteiger partial charge >= 0.3 is 5.97 Å². The van der Waals surface area contributed by atoms with Crippen molar-refractivity contribution in [1.82, 2.24) is 15.5 Å². The zero-order valence-electron chi connectivity index (χ0n) is 9.85. The van der Waals surface area contributed by atoms with Gasteiger partial charge < -0.3 is 15.0 Å². The first-order chi connectivity index (χ1) is 8.31. The summed E-state index contributed by atoms with van der Waals surface area (Å²) >= 11 is 0. The topological polar surface area (TPSA) is 67.3 Å². The number of nitrogens with one attached hydrogen (secondary N) is 1. The molecule has 1 N–H and O–H groups in total. The third-order valence-corrected chi connectivity index (χ3v) is 2.58. The van der Waals surface area contributed by atoms with Crippen molar-refractivity contribution in [3.05, 3.63) is 17.8 Å². The van der Waals surface area contributed by atoms with Crippen LogP contribution in [0.25, 0.3) is 0 Å². The Balaban J connectivity index is 2.04. The SMILES string of the molecule is CCOC(=O)c1ccc(N2CCNCC2)nn1. The average molecular weight is 236 g/mol. The molecule has 0 amide bonds. The van der Waals surface area contributed by atoms with Gasteiger partial charge in [-0.25, -0.2) is 4.79 Å². The monoisotopic (exact) mass is 236 g/mol. The van der Waals surface area contributed by atoms with Crippen LogP contribution in [0.5, 0.6) is 0 Å². The van der Waals surface area contributed by atoms with Gasteiger partial charge in [-0.1, -0.05) is 0 Å². The maximum Gasteiger partial charge on any atom is 0.358 e. The lowest BCUT2D eigenvalue weighted by molar-refractivity contribution is 0.0518. The molecule has 0 unspecified atom stereocenters. The smallest absolute Gasteiger partial charge is 0.358 e. The molecule has 6 nitrogen and oxygen atoms in total. The number of hydrogen-bond donors (Lipinski definition) is 1. The quantitative estimate of drug-likeness (QED) is 0.749. The van der Waals surface area contributed by atoms with Crippen molar-refractivity contribution in [3.63, 3.8) is 0 Å². The number of rotatable bonds is 3. The molecular weight excluding hydrogens is 220 g/mol. The van der Waals surface area contributed by atoms with Gasteiger partial charge in [-0.3, -0.25) is 0 Å². The number of piperazine rings is 1. The van der Waals surface area contributed by atoms with Gasteiger partial charge in [-0.05, 0) is 19.1 Å². The van der Waals surface area contributed by atoms with Crippen LogP contribution in [-0.2, 0) is 4.74 Å². The number of nitrogens with zero attached hydrogens (tertiary/aromatic N) is 3. The highest BCUT2D eigenvalue weighted by Gasteiger charge is 2.14. The van der Waals surface area contributed by atoms with Gasteiger partial charge in [0.05, 0.1) is 6.61 Å². The minimum absolute atomic E-state index is 0.255. The molecule has 0 bridgehead atoms. The highest BCUT2D eigenvalue weighted by atomic mass is 16.5. The predicted molar refractivity (Wildman–Crippen MR) is 63.1 cm³/mol. The number of anilines is 1. The Morgan fingerprint density at radius 1 is 1.41 bits per heavy atom. The molecule has 1 aromatic rings. The van der Waals surface area contributed by atoms with Crippen molar-refractivity contribution in [1.29, 1.82) is 0 Å². The van der Waals surface area contributed by atoms with Crippen LogP contribution < -0.4 is 10.2 Å². The maximum atomic E-state index is 11.4. The molecule has 0 atom stereocenters. The van der Waals surface area contributed by atoms with E-state index in [2.05, 4.69) is 20.4 Å². The number of carbonyl (C=O) groups excluding carboxylic acids is 1. The van der Waals surface area contributed by atoms with Crippen molar-refractivity contribution < 1.29 is 9.53 Å². The normalized spacial score (nSPS) is 15.7. The number of esters is 1. The van der Waals surface area contributed by atoms with Gasteiger partial charge in [0.1, 0.15) is 0 Å². The molecule has 1 aliphatic rings. The summed E-state index contributed by atoms with van der Waals surface area (Å²) in [6, 6.07) is 3.47. The van der Waals surface area contributed by atoms with E-state index in [-0.39, 0.29) is 5.69 Å². The fourth-order valence-electron chi connectivity index (χ4n) is 1.70. The second-order valence-corrected chi connectivity index (χ2v) is 3.73. The van der Waals surface area contributed by atoms with Crippen molar-refractivity contribution in [2.75, 3.05) is 37.7 Å². The standard InChI is InChI=1S/C11H16N4O2/c1-2-17-11(16)9-3-4-10(14-13-9)15-7-5-12-6-8-15/h3-4,12H,2,5-8H2,1H3. The third-order valence-electron chi connectivity index (χ3n) is 2.58. The number of ether oxygens (including phenoxy) is 1. The van der Waals surface area contributed by atoms with E-state index in [1.54, 1.807) is 13.0 Å². The zero-order chi connectivity index (χ0) is 12.1. The van der Waals surface area contributed by atoms with Crippen LogP contribution in [0.4, 0.5) is 5.82 Å². The van der Waals surface area contributed by atoms with E-state index in [9.17, 15) is 4.79 Å². The van der Waals surface area contributed by atoms with Gasteiger partial charge in [0.25, 0.3) is 0 Å². The van der Waals surface area contributed by atoms with Gasteiger partial charge in [-0.15, -0.1) is 10.2 Å². The van der Waals surface area contributed by atoms with Crippen LogP contribution in [-0.4, -0.2) is 49.0 Å². The second-order valence-electron chi connectivity index (χ2n) is 3.73. The molecule has 1 aromatic heterocycles. The fraction of sp³-hybridized carbons (Fsp3) is 0.545. The van der Waals surface area contributed by atoms with Crippen LogP contribution in [0.3, 0.4) is 0 Å². The first-order valence-corrected chi connectivity index (χ1v) is 5.78. The minimum Gasteiger partial charge on any atom is -0.461 e. The molecule has 0 saturated carbocycles. The third kappa shape index (κ3) is 2.91.